The fourth-order valence-electron chi connectivity index (χ4n) is 5.45. The van der Waals surface area contributed by atoms with Crippen LogP contribution in [0.1, 0.15) is 38.5 Å². The Hall–Kier alpha value is -1.56. The van der Waals surface area contributed by atoms with E-state index in [0.29, 0.717) is 11.8 Å². The van der Waals surface area contributed by atoms with Crippen molar-refractivity contribution in [2.75, 3.05) is 0 Å². The van der Waals surface area contributed by atoms with Crippen molar-refractivity contribution in [3.63, 3.8) is 0 Å². The molecule has 0 aliphatic heterocycles. The minimum Gasteiger partial charge on any atom is -0.0795 e. The molecule has 0 aromatic heterocycles. The lowest BCUT2D eigenvalue weighted by molar-refractivity contribution is 0.326. The van der Waals surface area contributed by atoms with Gasteiger partial charge in [-0.2, -0.15) is 0 Å². The predicted molar refractivity (Wildman–Crippen MR) is 92.3 cm³/mol. The zero-order valence-corrected chi connectivity index (χ0v) is 13.2. The van der Waals surface area contributed by atoms with Crippen molar-refractivity contribution in [1.82, 2.24) is 0 Å². The van der Waals surface area contributed by atoms with Crippen LogP contribution in [-0.2, 0) is 0 Å². The molecule has 112 valence electrons. The average Bonchev–Trinajstić information content (AvgIpc) is 2.60. The maximum absolute atomic E-state index is 2.52. The van der Waals surface area contributed by atoms with Crippen LogP contribution in [0.2, 0.25) is 0 Å². The summed E-state index contributed by atoms with van der Waals surface area (Å²) in [6, 6.07) is 0. The highest BCUT2D eigenvalue weighted by atomic mass is 14.4. The second-order valence-electron chi connectivity index (χ2n) is 7.53. The van der Waals surface area contributed by atoms with Gasteiger partial charge in [0, 0.05) is 11.8 Å². The van der Waals surface area contributed by atoms with Gasteiger partial charge in [0.2, 0.25) is 0 Å². The summed E-state index contributed by atoms with van der Waals surface area (Å²) in [7, 11) is 0. The van der Waals surface area contributed by atoms with Crippen molar-refractivity contribution in [2.45, 2.75) is 38.5 Å². The lowest BCUT2D eigenvalue weighted by Crippen LogP contribution is -2.30. The Balaban J connectivity index is 1.62. The smallest absolute Gasteiger partial charge is 0.0204 e. The van der Waals surface area contributed by atoms with Gasteiger partial charge in [0.15, 0.2) is 0 Å². The summed E-state index contributed by atoms with van der Waals surface area (Å²) in [5, 5.41) is 0. The van der Waals surface area contributed by atoms with Gasteiger partial charge in [0.05, 0.1) is 0 Å². The Morgan fingerprint density at radius 2 is 1.68 bits per heavy atom. The van der Waals surface area contributed by atoms with E-state index in [1.165, 1.54) is 38.5 Å². The van der Waals surface area contributed by atoms with E-state index in [9.17, 15) is 0 Å². The molecule has 4 atom stereocenters. The van der Waals surface area contributed by atoms with Crippen molar-refractivity contribution in [1.29, 1.82) is 0 Å². The van der Waals surface area contributed by atoms with Gasteiger partial charge in [-0.25, -0.2) is 0 Å². The summed E-state index contributed by atoms with van der Waals surface area (Å²) in [4.78, 5) is 0. The van der Waals surface area contributed by atoms with Gasteiger partial charge in [-0.3, -0.25) is 0 Å². The molecule has 0 nitrogen and oxygen atoms in total. The molecule has 4 unspecified atom stereocenters. The molecule has 22 heavy (non-hydrogen) atoms. The van der Waals surface area contributed by atoms with Crippen molar-refractivity contribution >= 4 is 0 Å². The monoisotopic (exact) mass is 288 g/mol. The number of fused-ring (bicyclic) bond motifs is 5. The van der Waals surface area contributed by atoms with Crippen molar-refractivity contribution in [3.8, 4) is 0 Å². The second-order valence-corrected chi connectivity index (χ2v) is 7.53. The molecule has 0 radical (unpaired) electrons. The van der Waals surface area contributed by atoms with Crippen LogP contribution in [0, 0.1) is 23.7 Å². The third kappa shape index (κ3) is 1.82. The fraction of sp³-hybridized carbons (Fsp3) is 0.455. The first-order valence-electron chi connectivity index (χ1n) is 9.10. The maximum Gasteiger partial charge on any atom is 0.0204 e. The van der Waals surface area contributed by atoms with Crippen molar-refractivity contribution < 1.29 is 0 Å². The molecule has 0 heterocycles. The third-order valence-corrected chi connectivity index (χ3v) is 6.50. The lowest BCUT2D eigenvalue weighted by Gasteiger charge is -2.43. The van der Waals surface area contributed by atoms with Crippen LogP contribution in [0.5, 0.6) is 0 Å². The van der Waals surface area contributed by atoms with Gasteiger partial charge in [-0.15, -0.1) is 0 Å². The Kier molecular flexibility index (Phi) is 2.93. The van der Waals surface area contributed by atoms with Gasteiger partial charge in [0.25, 0.3) is 0 Å². The highest BCUT2D eigenvalue weighted by Gasteiger charge is 2.38. The van der Waals surface area contributed by atoms with Crippen LogP contribution >= 0.6 is 0 Å². The van der Waals surface area contributed by atoms with E-state index < -0.39 is 0 Å². The molecule has 0 saturated heterocycles. The fourth-order valence-corrected chi connectivity index (χ4v) is 5.45. The Morgan fingerprint density at radius 1 is 0.727 bits per heavy atom. The van der Waals surface area contributed by atoms with Crippen molar-refractivity contribution in [3.05, 3.63) is 70.9 Å². The van der Waals surface area contributed by atoms with Crippen LogP contribution in [-0.4, -0.2) is 0 Å². The number of hydrogen-bond donors (Lipinski definition) is 0. The molecule has 0 N–H and O–H groups in total. The molecule has 1 saturated carbocycles. The summed E-state index contributed by atoms with van der Waals surface area (Å²) in [5.74, 6) is 2.82. The second kappa shape index (κ2) is 4.98. The first-order valence-corrected chi connectivity index (χ1v) is 9.10. The van der Waals surface area contributed by atoms with Crippen LogP contribution in [0.3, 0.4) is 0 Å². The van der Waals surface area contributed by atoms with Gasteiger partial charge in [-0.05, 0) is 60.7 Å². The van der Waals surface area contributed by atoms with Gasteiger partial charge >= 0.3 is 0 Å². The number of allylic oxidation sites excluding steroid dienone is 12. The van der Waals surface area contributed by atoms with Gasteiger partial charge in [0.1, 0.15) is 0 Å². The standard InChI is InChI=1S/C22H24/c1-3-7-17-15(5-1)9-11-21-19(17)13-14-20-18-8-4-2-6-16(18)10-12-22(20)21/h1,3,5,7,9,11,13-16,21-22H,2,4,6,8,10,12H2. The third-order valence-electron chi connectivity index (χ3n) is 6.50. The molecular formula is C22H24. The van der Waals surface area contributed by atoms with E-state index in [2.05, 4.69) is 48.6 Å². The largest absolute Gasteiger partial charge is 0.0795 e. The Morgan fingerprint density at radius 3 is 2.68 bits per heavy atom. The highest BCUT2D eigenvalue weighted by Crippen LogP contribution is 2.51. The first-order chi connectivity index (χ1) is 10.9. The first kappa shape index (κ1) is 12.9. The summed E-state index contributed by atoms with van der Waals surface area (Å²) < 4.78 is 0. The zero-order valence-electron chi connectivity index (χ0n) is 13.2. The number of hydrogen-bond acceptors (Lipinski definition) is 0. The number of rotatable bonds is 0. The topological polar surface area (TPSA) is 0 Å². The van der Waals surface area contributed by atoms with E-state index >= 15 is 0 Å². The molecule has 0 aromatic carbocycles. The molecular weight excluding hydrogens is 264 g/mol. The molecule has 0 heteroatoms. The Bertz CT molecular complexity index is 677. The van der Waals surface area contributed by atoms with Crippen LogP contribution in [0.15, 0.2) is 70.9 Å². The molecule has 5 aliphatic rings. The molecule has 0 amide bonds. The van der Waals surface area contributed by atoms with Gasteiger partial charge < -0.3 is 0 Å². The van der Waals surface area contributed by atoms with Crippen molar-refractivity contribution in [2.24, 2.45) is 23.7 Å². The minimum absolute atomic E-state index is 0.515. The molecule has 0 bridgehead atoms. The zero-order chi connectivity index (χ0) is 14.5. The summed E-state index contributed by atoms with van der Waals surface area (Å²) in [6.07, 6.45) is 27.5. The van der Waals surface area contributed by atoms with E-state index in [-0.39, 0.29) is 0 Å². The van der Waals surface area contributed by atoms with E-state index in [0.717, 1.165) is 11.8 Å². The highest BCUT2D eigenvalue weighted by molar-refractivity contribution is 5.54. The summed E-state index contributed by atoms with van der Waals surface area (Å²) >= 11 is 0. The average molecular weight is 288 g/mol. The lowest BCUT2D eigenvalue weighted by atomic mass is 9.62. The maximum atomic E-state index is 2.52. The van der Waals surface area contributed by atoms with Crippen LogP contribution in [0.4, 0.5) is 0 Å². The predicted octanol–water partition coefficient (Wildman–Crippen LogP) is 5.68. The molecule has 1 fully saturated rings. The molecule has 0 aromatic rings. The molecule has 5 aliphatic carbocycles. The van der Waals surface area contributed by atoms with E-state index in [1.54, 1.807) is 16.7 Å². The van der Waals surface area contributed by atoms with Gasteiger partial charge in [-0.1, -0.05) is 60.6 Å². The molecule has 5 rings (SSSR count). The molecule has 0 spiro atoms. The van der Waals surface area contributed by atoms with E-state index in [4.69, 9.17) is 0 Å². The summed E-state index contributed by atoms with van der Waals surface area (Å²) in [5.41, 5.74) is 6.69. The Labute approximate surface area is 133 Å². The van der Waals surface area contributed by atoms with Crippen LogP contribution < -0.4 is 0 Å². The normalized spacial score (nSPS) is 38.5. The SMILES string of the molecule is C1=CC2=C3C=CC4=C5CCCCC5CCC4C3C=CC2C=C1. The minimum atomic E-state index is 0.515. The summed E-state index contributed by atoms with van der Waals surface area (Å²) in [6.45, 7) is 0. The quantitative estimate of drug-likeness (QED) is 0.503. The van der Waals surface area contributed by atoms with Crippen LogP contribution in [0.25, 0.3) is 0 Å². The van der Waals surface area contributed by atoms with E-state index in [1.807, 2.05) is 5.57 Å².